The van der Waals surface area contributed by atoms with Gasteiger partial charge in [0.1, 0.15) is 5.75 Å². The van der Waals surface area contributed by atoms with Gasteiger partial charge in [-0.05, 0) is 37.7 Å². The topological polar surface area (TPSA) is 61.4 Å². The number of hydrogen-bond donors (Lipinski definition) is 3. The van der Waals surface area contributed by atoms with Crippen molar-refractivity contribution in [1.29, 1.82) is 0 Å². The van der Waals surface area contributed by atoms with Crippen LogP contribution in [0.1, 0.15) is 12.0 Å². The van der Waals surface area contributed by atoms with Gasteiger partial charge in [0.2, 0.25) is 5.91 Å². The Morgan fingerprint density at radius 2 is 2.20 bits per heavy atom. The van der Waals surface area contributed by atoms with Gasteiger partial charge in [-0.1, -0.05) is 0 Å². The van der Waals surface area contributed by atoms with Crippen LogP contribution in [0.5, 0.6) is 5.75 Å². The van der Waals surface area contributed by atoms with Crippen LogP contribution in [0.15, 0.2) is 18.2 Å². The highest BCUT2D eigenvalue weighted by atomic mass is 16.3. The Balaban J connectivity index is 2.57. The Morgan fingerprint density at radius 3 is 2.80 bits per heavy atom. The van der Waals surface area contributed by atoms with Gasteiger partial charge in [-0.3, -0.25) is 4.79 Å². The maximum atomic E-state index is 11.4. The predicted molar refractivity (Wildman–Crippen MR) is 60.0 cm³/mol. The monoisotopic (exact) mass is 208 g/mol. The average Bonchev–Trinajstić information content (AvgIpc) is 2.20. The molecule has 0 aliphatic rings. The first-order valence-corrected chi connectivity index (χ1v) is 4.87. The van der Waals surface area contributed by atoms with Crippen LogP contribution in [-0.4, -0.2) is 24.6 Å². The number of rotatable bonds is 4. The molecule has 0 aliphatic heterocycles. The van der Waals surface area contributed by atoms with Crippen LogP contribution < -0.4 is 10.6 Å². The Bertz CT molecular complexity index is 350. The fourth-order valence-corrected chi connectivity index (χ4v) is 1.20. The molecule has 3 N–H and O–H groups in total. The number of benzene rings is 1. The Hall–Kier alpha value is -1.55. The lowest BCUT2D eigenvalue weighted by molar-refractivity contribution is -0.116. The number of anilines is 1. The quantitative estimate of drug-likeness (QED) is 0.652. The Kier molecular flexibility index (Phi) is 4.12. The smallest absolute Gasteiger partial charge is 0.225 e. The summed E-state index contributed by atoms with van der Waals surface area (Å²) in [6, 6.07) is 5.00. The molecular weight excluding hydrogens is 192 g/mol. The van der Waals surface area contributed by atoms with Gasteiger partial charge in [0.15, 0.2) is 0 Å². The van der Waals surface area contributed by atoms with Gasteiger partial charge < -0.3 is 15.7 Å². The first kappa shape index (κ1) is 11.5. The van der Waals surface area contributed by atoms with Gasteiger partial charge >= 0.3 is 0 Å². The lowest BCUT2D eigenvalue weighted by Crippen LogP contribution is -2.18. The van der Waals surface area contributed by atoms with Crippen LogP contribution in [0.4, 0.5) is 5.69 Å². The van der Waals surface area contributed by atoms with E-state index in [-0.39, 0.29) is 11.7 Å². The minimum atomic E-state index is -0.0329. The second-order valence-corrected chi connectivity index (χ2v) is 3.40. The standard InChI is InChI=1S/C11H16N2O2/c1-8-7-9(3-4-10(8)14)13-11(15)5-6-12-2/h3-4,7,12,14H,5-6H2,1-2H3,(H,13,15). The normalized spacial score (nSPS) is 10.0. The molecule has 0 spiro atoms. The number of amides is 1. The van der Waals surface area contributed by atoms with E-state index in [0.717, 1.165) is 5.56 Å². The third-order valence-electron chi connectivity index (χ3n) is 2.08. The molecular formula is C11H16N2O2. The van der Waals surface area contributed by atoms with Crippen molar-refractivity contribution in [2.75, 3.05) is 18.9 Å². The molecule has 0 unspecified atom stereocenters. The molecule has 4 nitrogen and oxygen atoms in total. The summed E-state index contributed by atoms with van der Waals surface area (Å²) >= 11 is 0. The number of aryl methyl sites for hydroxylation is 1. The predicted octanol–water partition coefficient (Wildman–Crippen LogP) is 1.25. The SMILES string of the molecule is CNCCC(=O)Nc1ccc(O)c(C)c1. The zero-order valence-electron chi connectivity index (χ0n) is 9.00. The molecule has 82 valence electrons. The van der Waals surface area contributed by atoms with Crippen LogP contribution in [0, 0.1) is 6.92 Å². The number of carbonyl (C=O) groups is 1. The van der Waals surface area contributed by atoms with Gasteiger partial charge in [-0.15, -0.1) is 0 Å². The zero-order chi connectivity index (χ0) is 11.3. The van der Waals surface area contributed by atoms with Gasteiger partial charge in [-0.25, -0.2) is 0 Å². The second kappa shape index (κ2) is 5.36. The molecule has 15 heavy (non-hydrogen) atoms. The Labute approximate surface area is 89.3 Å². The summed E-state index contributed by atoms with van der Waals surface area (Å²) in [7, 11) is 1.80. The van der Waals surface area contributed by atoms with Crippen LogP contribution >= 0.6 is 0 Å². The zero-order valence-corrected chi connectivity index (χ0v) is 9.00. The molecule has 1 aromatic rings. The van der Waals surface area contributed by atoms with Gasteiger partial charge in [0.25, 0.3) is 0 Å². The molecule has 1 amide bonds. The van der Waals surface area contributed by atoms with E-state index >= 15 is 0 Å². The number of hydrogen-bond acceptors (Lipinski definition) is 3. The number of nitrogens with one attached hydrogen (secondary N) is 2. The third kappa shape index (κ3) is 3.59. The molecule has 4 heteroatoms. The number of aromatic hydroxyl groups is 1. The summed E-state index contributed by atoms with van der Waals surface area (Å²) in [5.74, 6) is 0.206. The van der Waals surface area contributed by atoms with Crippen molar-refractivity contribution < 1.29 is 9.90 Å². The van der Waals surface area contributed by atoms with Crippen molar-refractivity contribution in [2.45, 2.75) is 13.3 Å². The van der Waals surface area contributed by atoms with E-state index in [4.69, 9.17) is 0 Å². The highest BCUT2D eigenvalue weighted by molar-refractivity contribution is 5.91. The molecule has 0 atom stereocenters. The fraction of sp³-hybridized carbons (Fsp3) is 0.364. The summed E-state index contributed by atoms with van der Waals surface area (Å²) in [6.45, 7) is 2.45. The summed E-state index contributed by atoms with van der Waals surface area (Å²) in [5.41, 5.74) is 1.47. The van der Waals surface area contributed by atoms with Crippen molar-refractivity contribution >= 4 is 11.6 Å². The summed E-state index contributed by atoms with van der Waals surface area (Å²) < 4.78 is 0. The summed E-state index contributed by atoms with van der Waals surface area (Å²) in [4.78, 5) is 11.4. The lowest BCUT2D eigenvalue weighted by atomic mass is 10.2. The Morgan fingerprint density at radius 1 is 1.47 bits per heavy atom. The molecule has 0 aliphatic carbocycles. The van der Waals surface area contributed by atoms with Crippen molar-refractivity contribution in [2.24, 2.45) is 0 Å². The van der Waals surface area contributed by atoms with Gasteiger partial charge in [-0.2, -0.15) is 0 Å². The average molecular weight is 208 g/mol. The first-order valence-electron chi connectivity index (χ1n) is 4.87. The highest BCUT2D eigenvalue weighted by Gasteiger charge is 2.02. The van der Waals surface area contributed by atoms with Crippen LogP contribution in [0.25, 0.3) is 0 Å². The molecule has 0 fully saturated rings. The van der Waals surface area contributed by atoms with E-state index < -0.39 is 0 Å². The molecule has 1 rings (SSSR count). The molecule has 0 saturated carbocycles. The molecule has 0 heterocycles. The van der Waals surface area contributed by atoms with E-state index in [2.05, 4.69) is 10.6 Å². The number of phenolic OH excluding ortho intramolecular Hbond substituents is 1. The van der Waals surface area contributed by atoms with E-state index in [9.17, 15) is 9.90 Å². The maximum Gasteiger partial charge on any atom is 0.225 e. The number of carbonyl (C=O) groups excluding carboxylic acids is 1. The number of phenols is 1. The highest BCUT2D eigenvalue weighted by Crippen LogP contribution is 2.19. The van der Waals surface area contributed by atoms with Crippen molar-refractivity contribution in [3.8, 4) is 5.75 Å². The van der Waals surface area contributed by atoms with Gasteiger partial charge in [0.05, 0.1) is 0 Å². The molecule has 0 aromatic heterocycles. The summed E-state index contributed by atoms with van der Waals surface area (Å²) in [6.07, 6.45) is 0.441. The second-order valence-electron chi connectivity index (χ2n) is 3.40. The van der Waals surface area contributed by atoms with Crippen LogP contribution in [-0.2, 0) is 4.79 Å². The maximum absolute atomic E-state index is 11.4. The minimum absolute atomic E-state index is 0.0329. The van der Waals surface area contributed by atoms with Crippen LogP contribution in [0.3, 0.4) is 0 Å². The van der Waals surface area contributed by atoms with Crippen molar-refractivity contribution in [3.63, 3.8) is 0 Å². The largest absolute Gasteiger partial charge is 0.508 e. The third-order valence-corrected chi connectivity index (χ3v) is 2.08. The minimum Gasteiger partial charge on any atom is -0.508 e. The van der Waals surface area contributed by atoms with E-state index in [1.54, 1.807) is 32.2 Å². The molecule has 1 aromatic carbocycles. The molecule has 0 radical (unpaired) electrons. The first-order chi connectivity index (χ1) is 7.13. The van der Waals surface area contributed by atoms with Crippen LogP contribution in [0.2, 0.25) is 0 Å². The van der Waals surface area contributed by atoms with E-state index in [0.29, 0.717) is 18.7 Å². The van der Waals surface area contributed by atoms with Gasteiger partial charge in [0, 0.05) is 18.7 Å². The van der Waals surface area contributed by atoms with E-state index in [1.165, 1.54) is 0 Å². The summed E-state index contributed by atoms with van der Waals surface area (Å²) in [5, 5.41) is 15.0. The molecule has 0 saturated heterocycles. The van der Waals surface area contributed by atoms with Crippen molar-refractivity contribution in [1.82, 2.24) is 5.32 Å². The lowest BCUT2D eigenvalue weighted by Gasteiger charge is -2.06. The van der Waals surface area contributed by atoms with E-state index in [1.807, 2.05) is 0 Å². The molecule has 0 bridgehead atoms. The fourth-order valence-electron chi connectivity index (χ4n) is 1.20. The van der Waals surface area contributed by atoms with Crippen molar-refractivity contribution in [3.05, 3.63) is 23.8 Å².